The topological polar surface area (TPSA) is 82.2 Å². The first-order valence-electron chi connectivity index (χ1n) is 13.4. The molecule has 0 aliphatic heterocycles. The molecule has 4 aromatic carbocycles. The minimum Gasteiger partial charge on any atom is -0.449 e. The minimum absolute atomic E-state index is 0.318. The van der Waals surface area contributed by atoms with Gasteiger partial charge in [-0.3, -0.25) is 0 Å². The van der Waals surface area contributed by atoms with Crippen LogP contribution in [0.1, 0.15) is 30.3 Å². The van der Waals surface area contributed by atoms with Crippen molar-refractivity contribution in [3.63, 3.8) is 0 Å². The molecule has 40 heavy (non-hydrogen) atoms. The quantitative estimate of drug-likeness (QED) is 0.170. The van der Waals surface area contributed by atoms with E-state index in [2.05, 4.69) is 78.6 Å². The lowest BCUT2D eigenvalue weighted by molar-refractivity contribution is 0.144. The van der Waals surface area contributed by atoms with Gasteiger partial charge in [-0.25, -0.2) is 14.8 Å². The predicted octanol–water partition coefficient (Wildman–Crippen LogP) is 7.62. The van der Waals surface area contributed by atoms with Crippen molar-refractivity contribution in [1.82, 2.24) is 19.1 Å². The van der Waals surface area contributed by atoms with Crippen LogP contribution in [0, 0.1) is 6.92 Å². The molecule has 6 aromatic rings. The second kappa shape index (κ2) is 10.3. The summed E-state index contributed by atoms with van der Waals surface area (Å²) in [6.07, 6.45) is 0.556. The van der Waals surface area contributed by atoms with Crippen molar-refractivity contribution in [3.05, 3.63) is 102 Å². The minimum atomic E-state index is -1.33. The Balaban J connectivity index is 1.37. The summed E-state index contributed by atoms with van der Waals surface area (Å²) < 4.78 is 9.43. The van der Waals surface area contributed by atoms with Crippen LogP contribution in [0.4, 0.5) is 4.79 Å². The van der Waals surface area contributed by atoms with E-state index < -0.39 is 6.16 Å². The number of hydrogen-bond acceptors (Lipinski definition) is 4. The molecule has 1 N–H and O–H groups in total. The van der Waals surface area contributed by atoms with Crippen molar-refractivity contribution in [3.8, 4) is 28.3 Å². The zero-order valence-electron chi connectivity index (χ0n) is 22.8. The second-order valence-electron chi connectivity index (χ2n) is 10.1. The molecule has 6 rings (SSSR count). The van der Waals surface area contributed by atoms with Gasteiger partial charge < -0.3 is 19.0 Å². The summed E-state index contributed by atoms with van der Waals surface area (Å²) in [7, 11) is 2.06. The van der Waals surface area contributed by atoms with Gasteiger partial charge in [0.1, 0.15) is 17.4 Å². The molecule has 0 aliphatic carbocycles. The molecule has 7 heteroatoms. The van der Waals surface area contributed by atoms with E-state index in [1.165, 1.54) is 5.56 Å². The average molecular weight is 531 g/mol. The molecule has 0 radical (unpaired) electrons. The maximum absolute atomic E-state index is 11.1. The highest BCUT2D eigenvalue weighted by molar-refractivity contribution is 5.85. The van der Waals surface area contributed by atoms with Gasteiger partial charge in [-0.1, -0.05) is 55.5 Å². The van der Waals surface area contributed by atoms with Crippen LogP contribution in [-0.2, 0) is 20.0 Å². The van der Waals surface area contributed by atoms with E-state index in [4.69, 9.17) is 19.8 Å². The van der Waals surface area contributed by atoms with Gasteiger partial charge in [0.15, 0.2) is 0 Å². The standard InChI is InChI=1S/C33H30N4O3/c1-4-7-31-34-26-16-15-24(32-35-27-18-21(2)10-17-28(27)36(32)3)19-29(26)37(31)20-22-11-13-23(14-12-22)25-8-5-6-9-30(25)40-33(38)39/h5-6,8-19H,4,7,20H2,1-3H3,(H,38,39). The molecule has 0 aliphatic rings. The highest BCUT2D eigenvalue weighted by Crippen LogP contribution is 2.31. The summed E-state index contributed by atoms with van der Waals surface area (Å²) in [5.41, 5.74) is 9.15. The highest BCUT2D eigenvalue weighted by atomic mass is 16.7. The molecule has 0 unspecified atom stereocenters. The third kappa shape index (κ3) is 4.71. The van der Waals surface area contributed by atoms with E-state index in [0.29, 0.717) is 12.3 Å². The number of hydrogen-bond donors (Lipinski definition) is 1. The Kier molecular flexibility index (Phi) is 6.56. The van der Waals surface area contributed by atoms with Crippen LogP contribution in [0.15, 0.2) is 84.9 Å². The third-order valence-corrected chi connectivity index (χ3v) is 7.29. The summed E-state index contributed by atoms with van der Waals surface area (Å²) >= 11 is 0. The molecule has 200 valence electrons. The molecular formula is C33H30N4O3. The summed E-state index contributed by atoms with van der Waals surface area (Å²) in [6, 6.07) is 28.1. The second-order valence-corrected chi connectivity index (χ2v) is 10.1. The number of benzene rings is 4. The zero-order valence-corrected chi connectivity index (χ0v) is 22.8. The van der Waals surface area contributed by atoms with Crippen LogP contribution in [0.5, 0.6) is 5.75 Å². The Bertz CT molecular complexity index is 1870. The number of imidazole rings is 2. The maximum atomic E-state index is 11.1. The third-order valence-electron chi connectivity index (χ3n) is 7.29. The van der Waals surface area contributed by atoms with E-state index in [9.17, 15) is 4.79 Å². The van der Waals surface area contributed by atoms with Crippen LogP contribution >= 0.6 is 0 Å². The Hall–Kier alpha value is -4.91. The molecular weight excluding hydrogens is 500 g/mol. The highest BCUT2D eigenvalue weighted by Gasteiger charge is 2.16. The lowest BCUT2D eigenvalue weighted by Gasteiger charge is -2.12. The number of carboxylic acid groups (broad SMARTS) is 1. The Morgan fingerprint density at radius 2 is 1.65 bits per heavy atom. The lowest BCUT2D eigenvalue weighted by atomic mass is 10.0. The molecule has 0 amide bonds. The molecule has 2 heterocycles. The van der Waals surface area contributed by atoms with Gasteiger partial charge in [0.25, 0.3) is 0 Å². The molecule has 7 nitrogen and oxygen atoms in total. The summed E-state index contributed by atoms with van der Waals surface area (Å²) in [5, 5.41) is 9.10. The number of carbonyl (C=O) groups is 1. The molecule has 0 atom stereocenters. The lowest BCUT2D eigenvalue weighted by Crippen LogP contribution is -2.05. The maximum Gasteiger partial charge on any atom is 0.511 e. The summed E-state index contributed by atoms with van der Waals surface area (Å²) in [6.45, 7) is 4.93. The van der Waals surface area contributed by atoms with Gasteiger partial charge in [-0.15, -0.1) is 0 Å². The van der Waals surface area contributed by atoms with Gasteiger partial charge in [0, 0.05) is 31.1 Å². The first-order valence-corrected chi connectivity index (χ1v) is 13.4. The molecule has 0 saturated heterocycles. The normalized spacial score (nSPS) is 11.4. The SMILES string of the molecule is CCCc1nc2ccc(-c3nc4cc(C)ccc4n3C)cc2n1Cc1ccc(-c2ccccc2OC(=O)O)cc1. The van der Waals surface area contributed by atoms with Crippen molar-refractivity contribution in [2.24, 2.45) is 7.05 Å². The van der Waals surface area contributed by atoms with E-state index >= 15 is 0 Å². The van der Waals surface area contributed by atoms with Crippen molar-refractivity contribution in [2.75, 3.05) is 0 Å². The number of para-hydroxylation sites is 1. The Morgan fingerprint density at radius 1 is 0.875 bits per heavy atom. The first-order chi connectivity index (χ1) is 19.4. The van der Waals surface area contributed by atoms with Crippen LogP contribution in [0.2, 0.25) is 0 Å². The summed E-state index contributed by atoms with van der Waals surface area (Å²) in [5.74, 6) is 2.30. The number of aromatic nitrogens is 4. The fraction of sp³-hybridized carbons (Fsp3) is 0.182. The van der Waals surface area contributed by atoms with E-state index in [-0.39, 0.29) is 0 Å². The average Bonchev–Trinajstić information content (AvgIpc) is 3.45. The Morgan fingerprint density at radius 3 is 2.42 bits per heavy atom. The predicted molar refractivity (Wildman–Crippen MR) is 158 cm³/mol. The number of ether oxygens (including phenoxy) is 1. The molecule has 2 aromatic heterocycles. The molecule has 0 saturated carbocycles. The van der Waals surface area contributed by atoms with Crippen molar-refractivity contribution in [2.45, 2.75) is 33.2 Å². The fourth-order valence-electron chi connectivity index (χ4n) is 5.33. The number of nitrogens with zero attached hydrogens (tertiary/aromatic N) is 4. The van der Waals surface area contributed by atoms with Crippen molar-refractivity contribution in [1.29, 1.82) is 0 Å². The smallest absolute Gasteiger partial charge is 0.449 e. The number of rotatable bonds is 7. The van der Waals surface area contributed by atoms with Gasteiger partial charge in [-0.2, -0.15) is 0 Å². The monoisotopic (exact) mass is 530 g/mol. The Labute approximate surface area is 232 Å². The molecule has 0 fully saturated rings. The number of aryl methyl sites for hydroxylation is 3. The van der Waals surface area contributed by atoms with Crippen molar-refractivity contribution < 1.29 is 14.6 Å². The van der Waals surface area contributed by atoms with Gasteiger partial charge in [0.05, 0.1) is 22.1 Å². The van der Waals surface area contributed by atoms with Crippen LogP contribution in [-0.4, -0.2) is 30.4 Å². The van der Waals surface area contributed by atoms with Crippen LogP contribution in [0.3, 0.4) is 0 Å². The first kappa shape index (κ1) is 25.4. The van der Waals surface area contributed by atoms with E-state index in [0.717, 1.165) is 68.8 Å². The van der Waals surface area contributed by atoms with Gasteiger partial charge in [0.2, 0.25) is 0 Å². The van der Waals surface area contributed by atoms with Gasteiger partial charge in [-0.05, 0) is 66.4 Å². The van der Waals surface area contributed by atoms with Crippen LogP contribution < -0.4 is 4.74 Å². The molecule has 0 bridgehead atoms. The zero-order chi connectivity index (χ0) is 27.8. The summed E-state index contributed by atoms with van der Waals surface area (Å²) in [4.78, 5) is 21.1. The number of fused-ring (bicyclic) bond motifs is 2. The van der Waals surface area contributed by atoms with E-state index in [1.54, 1.807) is 12.1 Å². The van der Waals surface area contributed by atoms with Gasteiger partial charge >= 0.3 is 6.16 Å². The molecule has 0 spiro atoms. The van der Waals surface area contributed by atoms with E-state index in [1.807, 2.05) is 24.3 Å². The fourth-order valence-corrected chi connectivity index (χ4v) is 5.33. The van der Waals surface area contributed by atoms with Crippen LogP contribution in [0.25, 0.3) is 44.6 Å². The largest absolute Gasteiger partial charge is 0.511 e. The van der Waals surface area contributed by atoms with Crippen molar-refractivity contribution >= 4 is 28.2 Å².